The smallest absolute Gasteiger partial charge is 0.191 e. The van der Waals surface area contributed by atoms with Crippen LogP contribution in [0.15, 0.2) is 4.99 Å². The maximum Gasteiger partial charge on any atom is 0.191 e. The molecule has 0 spiro atoms. The molecule has 1 aromatic heterocycles. The maximum absolute atomic E-state index is 5.40. The summed E-state index contributed by atoms with van der Waals surface area (Å²) in [6, 6.07) is 1.04. The van der Waals surface area contributed by atoms with Gasteiger partial charge in [-0.05, 0) is 48.0 Å². The Hall–Kier alpha value is -0.940. The van der Waals surface area contributed by atoms with Gasteiger partial charge in [-0.3, -0.25) is 4.90 Å². The normalized spacial score (nSPS) is 12.0. The Bertz CT molecular complexity index is 552. The largest absolute Gasteiger partial charge is 0.382 e. The lowest BCUT2D eigenvalue weighted by atomic mass is 10.2. The standard InChI is InChI=1S/C19H39N7O.HI/c1-8-27-13-9-10-20-19(21-11-12-26(15(2)3)16(4)5)22-14-18-24-23-17(6)25(18)7;/h15-16H,8-14H2,1-7H3,(H2,20,21,22);1H. The van der Waals surface area contributed by atoms with Crippen LogP contribution in [0.5, 0.6) is 0 Å². The molecular formula is C19H40IN7O. The van der Waals surface area contributed by atoms with Crippen LogP contribution >= 0.6 is 24.0 Å². The molecule has 0 radical (unpaired) electrons. The monoisotopic (exact) mass is 509 g/mol. The van der Waals surface area contributed by atoms with Crippen molar-refractivity contribution >= 4 is 29.9 Å². The van der Waals surface area contributed by atoms with Gasteiger partial charge in [0.1, 0.15) is 12.4 Å². The topological polar surface area (TPSA) is 79.6 Å². The fourth-order valence-corrected chi connectivity index (χ4v) is 2.85. The molecule has 8 nitrogen and oxygen atoms in total. The summed E-state index contributed by atoms with van der Waals surface area (Å²) in [5.41, 5.74) is 0. The number of nitrogens with zero attached hydrogens (tertiary/aromatic N) is 5. The minimum absolute atomic E-state index is 0. The molecule has 0 atom stereocenters. The first-order valence-electron chi connectivity index (χ1n) is 10.1. The van der Waals surface area contributed by atoms with Crippen LogP contribution in [0.3, 0.4) is 0 Å². The highest BCUT2D eigenvalue weighted by Crippen LogP contribution is 2.03. The van der Waals surface area contributed by atoms with Gasteiger partial charge in [-0.25, -0.2) is 4.99 Å². The molecule has 1 aromatic rings. The Labute approximate surface area is 187 Å². The van der Waals surface area contributed by atoms with E-state index in [1.807, 2.05) is 25.5 Å². The number of halogens is 1. The Balaban J connectivity index is 0.00000729. The molecule has 0 saturated carbocycles. The molecule has 9 heteroatoms. The van der Waals surface area contributed by atoms with Crippen molar-refractivity contribution in [1.82, 2.24) is 30.3 Å². The highest BCUT2D eigenvalue weighted by Gasteiger charge is 2.13. The van der Waals surface area contributed by atoms with Crippen molar-refractivity contribution in [3.05, 3.63) is 11.6 Å². The van der Waals surface area contributed by atoms with E-state index < -0.39 is 0 Å². The second kappa shape index (κ2) is 15.0. The third kappa shape index (κ3) is 10.0. The van der Waals surface area contributed by atoms with Gasteiger partial charge in [0.15, 0.2) is 11.8 Å². The summed E-state index contributed by atoms with van der Waals surface area (Å²) < 4.78 is 7.37. The number of ether oxygens (including phenoxy) is 1. The molecule has 0 fully saturated rings. The minimum atomic E-state index is 0. The highest BCUT2D eigenvalue weighted by atomic mass is 127. The van der Waals surface area contributed by atoms with E-state index in [2.05, 4.69) is 58.4 Å². The zero-order valence-corrected chi connectivity index (χ0v) is 21.0. The molecule has 0 saturated heterocycles. The number of aliphatic imine (C=N–C) groups is 1. The van der Waals surface area contributed by atoms with E-state index in [-0.39, 0.29) is 24.0 Å². The van der Waals surface area contributed by atoms with Crippen LogP contribution in [0.2, 0.25) is 0 Å². The van der Waals surface area contributed by atoms with Crippen LogP contribution in [0.1, 0.15) is 52.7 Å². The number of hydrogen-bond donors (Lipinski definition) is 2. The van der Waals surface area contributed by atoms with Gasteiger partial charge in [0, 0.05) is 52.0 Å². The van der Waals surface area contributed by atoms with Gasteiger partial charge in [-0.2, -0.15) is 0 Å². The molecule has 164 valence electrons. The van der Waals surface area contributed by atoms with Gasteiger partial charge in [0.2, 0.25) is 0 Å². The zero-order chi connectivity index (χ0) is 20.2. The van der Waals surface area contributed by atoms with Gasteiger partial charge in [-0.15, -0.1) is 34.2 Å². The van der Waals surface area contributed by atoms with Crippen LogP contribution in [0, 0.1) is 6.92 Å². The molecule has 1 rings (SSSR count). The summed E-state index contributed by atoms with van der Waals surface area (Å²) >= 11 is 0. The fraction of sp³-hybridized carbons (Fsp3) is 0.842. The molecule has 28 heavy (non-hydrogen) atoms. The number of nitrogens with one attached hydrogen (secondary N) is 2. The first-order valence-corrected chi connectivity index (χ1v) is 10.1. The summed E-state index contributed by atoms with van der Waals surface area (Å²) in [6.45, 7) is 17.5. The van der Waals surface area contributed by atoms with Gasteiger partial charge in [0.25, 0.3) is 0 Å². The van der Waals surface area contributed by atoms with E-state index in [0.717, 1.165) is 56.9 Å². The molecule has 0 amide bonds. The van der Waals surface area contributed by atoms with Crippen LogP contribution in [0.25, 0.3) is 0 Å². The lowest BCUT2D eigenvalue weighted by molar-refractivity contribution is 0.145. The van der Waals surface area contributed by atoms with Gasteiger partial charge >= 0.3 is 0 Å². The predicted molar refractivity (Wildman–Crippen MR) is 126 cm³/mol. The average Bonchev–Trinajstić information content (AvgIpc) is 2.93. The van der Waals surface area contributed by atoms with E-state index in [4.69, 9.17) is 4.74 Å². The van der Waals surface area contributed by atoms with Crippen molar-refractivity contribution in [1.29, 1.82) is 0 Å². The van der Waals surface area contributed by atoms with Crippen molar-refractivity contribution in [3.63, 3.8) is 0 Å². The van der Waals surface area contributed by atoms with Crippen LogP contribution < -0.4 is 10.6 Å². The first kappa shape index (κ1) is 27.1. The van der Waals surface area contributed by atoms with Crippen molar-refractivity contribution in [2.24, 2.45) is 12.0 Å². The number of hydrogen-bond acceptors (Lipinski definition) is 5. The lowest BCUT2D eigenvalue weighted by Gasteiger charge is -2.30. The third-order valence-corrected chi connectivity index (χ3v) is 4.51. The van der Waals surface area contributed by atoms with Gasteiger partial charge in [-0.1, -0.05) is 0 Å². The van der Waals surface area contributed by atoms with E-state index in [9.17, 15) is 0 Å². The molecule has 0 unspecified atom stereocenters. The highest BCUT2D eigenvalue weighted by molar-refractivity contribution is 14.0. The number of aryl methyl sites for hydroxylation is 1. The Morgan fingerprint density at radius 3 is 2.32 bits per heavy atom. The van der Waals surface area contributed by atoms with Crippen molar-refractivity contribution in [2.45, 2.75) is 66.6 Å². The fourth-order valence-electron chi connectivity index (χ4n) is 2.85. The quantitative estimate of drug-likeness (QED) is 0.195. The Morgan fingerprint density at radius 1 is 1.14 bits per heavy atom. The zero-order valence-electron chi connectivity index (χ0n) is 18.7. The molecule has 0 aliphatic carbocycles. The second-order valence-electron chi connectivity index (χ2n) is 7.22. The Kier molecular flexibility index (Phi) is 14.5. The van der Waals surface area contributed by atoms with Crippen LogP contribution in [0.4, 0.5) is 0 Å². The Morgan fingerprint density at radius 2 is 1.79 bits per heavy atom. The molecule has 0 aromatic carbocycles. The van der Waals surface area contributed by atoms with Crippen LogP contribution in [-0.4, -0.2) is 70.6 Å². The lowest BCUT2D eigenvalue weighted by Crippen LogP contribution is -2.45. The second-order valence-corrected chi connectivity index (χ2v) is 7.22. The SMILES string of the molecule is CCOCCCNC(=NCc1nnc(C)n1C)NCCN(C(C)C)C(C)C.I. The minimum Gasteiger partial charge on any atom is -0.382 e. The summed E-state index contributed by atoms with van der Waals surface area (Å²) in [6.07, 6.45) is 0.946. The molecule has 0 bridgehead atoms. The summed E-state index contributed by atoms with van der Waals surface area (Å²) in [4.78, 5) is 7.15. The van der Waals surface area contributed by atoms with Crippen molar-refractivity contribution in [2.75, 3.05) is 32.8 Å². The number of rotatable bonds is 12. The first-order chi connectivity index (χ1) is 12.9. The molecule has 1 heterocycles. The van der Waals surface area contributed by atoms with Crippen LogP contribution in [-0.2, 0) is 18.3 Å². The average molecular weight is 509 g/mol. The maximum atomic E-state index is 5.40. The molecular weight excluding hydrogens is 469 g/mol. The van der Waals surface area contributed by atoms with Crippen molar-refractivity contribution < 1.29 is 4.74 Å². The summed E-state index contributed by atoms with van der Waals surface area (Å²) in [5, 5.41) is 15.1. The summed E-state index contributed by atoms with van der Waals surface area (Å²) in [5.74, 6) is 2.55. The van der Waals surface area contributed by atoms with E-state index in [1.54, 1.807) is 0 Å². The van der Waals surface area contributed by atoms with E-state index in [1.165, 1.54) is 0 Å². The number of guanidine groups is 1. The van der Waals surface area contributed by atoms with Gasteiger partial charge < -0.3 is 19.9 Å². The molecule has 0 aliphatic heterocycles. The van der Waals surface area contributed by atoms with Gasteiger partial charge in [0.05, 0.1) is 0 Å². The number of aromatic nitrogens is 3. The predicted octanol–water partition coefficient (Wildman–Crippen LogP) is 2.32. The van der Waals surface area contributed by atoms with Crippen molar-refractivity contribution in [3.8, 4) is 0 Å². The molecule has 2 N–H and O–H groups in total. The summed E-state index contributed by atoms with van der Waals surface area (Å²) in [7, 11) is 1.96. The molecule has 0 aliphatic rings. The third-order valence-electron chi connectivity index (χ3n) is 4.51. The van der Waals surface area contributed by atoms with E-state index in [0.29, 0.717) is 18.6 Å². The van der Waals surface area contributed by atoms with E-state index >= 15 is 0 Å².